The highest BCUT2D eigenvalue weighted by atomic mass is 16.5. The van der Waals surface area contributed by atoms with Crippen LogP contribution >= 0.6 is 0 Å². The summed E-state index contributed by atoms with van der Waals surface area (Å²) < 4.78 is 4.57. The maximum absolute atomic E-state index is 10.3. The van der Waals surface area contributed by atoms with E-state index in [9.17, 15) is 4.79 Å². The SMILES string of the molecule is CNc1cc(NCCOC(N)=O)nc(C)n1. The molecule has 1 aromatic heterocycles. The molecule has 0 fully saturated rings. The van der Waals surface area contributed by atoms with Gasteiger partial charge in [-0.05, 0) is 6.92 Å². The van der Waals surface area contributed by atoms with Gasteiger partial charge in [-0.1, -0.05) is 0 Å². The van der Waals surface area contributed by atoms with E-state index in [-0.39, 0.29) is 6.61 Å². The summed E-state index contributed by atoms with van der Waals surface area (Å²) in [7, 11) is 1.78. The monoisotopic (exact) mass is 225 g/mol. The molecule has 1 aromatic rings. The average molecular weight is 225 g/mol. The lowest BCUT2D eigenvalue weighted by atomic mass is 10.5. The van der Waals surface area contributed by atoms with E-state index >= 15 is 0 Å². The van der Waals surface area contributed by atoms with Gasteiger partial charge in [-0.25, -0.2) is 14.8 Å². The fourth-order valence-corrected chi connectivity index (χ4v) is 1.12. The van der Waals surface area contributed by atoms with Gasteiger partial charge in [0.2, 0.25) is 0 Å². The lowest BCUT2D eigenvalue weighted by Crippen LogP contribution is -2.18. The molecule has 1 rings (SSSR count). The molecule has 4 N–H and O–H groups in total. The molecule has 88 valence electrons. The second kappa shape index (κ2) is 5.74. The van der Waals surface area contributed by atoms with Gasteiger partial charge in [0.25, 0.3) is 0 Å². The van der Waals surface area contributed by atoms with Crippen LogP contribution in [-0.4, -0.2) is 36.3 Å². The summed E-state index contributed by atoms with van der Waals surface area (Å²) >= 11 is 0. The summed E-state index contributed by atoms with van der Waals surface area (Å²) in [5.41, 5.74) is 4.82. The molecule has 0 unspecified atom stereocenters. The van der Waals surface area contributed by atoms with E-state index in [4.69, 9.17) is 5.73 Å². The second-order valence-corrected chi connectivity index (χ2v) is 3.03. The Balaban J connectivity index is 2.47. The third-order valence-electron chi connectivity index (χ3n) is 1.75. The molecule has 7 nitrogen and oxygen atoms in total. The minimum atomic E-state index is -0.781. The van der Waals surface area contributed by atoms with Crippen LogP contribution in [0.5, 0.6) is 0 Å². The van der Waals surface area contributed by atoms with Crippen LogP contribution in [0.2, 0.25) is 0 Å². The minimum absolute atomic E-state index is 0.202. The van der Waals surface area contributed by atoms with E-state index < -0.39 is 6.09 Å². The van der Waals surface area contributed by atoms with Gasteiger partial charge >= 0.3 is 6.09 Å². The number of carbonyl (C=O) groups is 1. The Labute approximate surface area is 93.4 Å². The van der Waals surface area contributed by atoms with Crippen molar-refractivity contribution in [3.8, 4) is 0 Å². The summed E-state index contributed by atoms with van der Waals surface area (Å²) in [6.07, 6.45) is -0.781. The normalized spacial score (nSPS) is 9.62. The highest BCUT2D eigenvalue weighted by Crippen LogP contribution is 2.09. The Kier molecular flexibility index (Phi) is 4.31. The number of aromatic nitrogens is 2. The molecule has 1 amide bonds. The molecular formula is C9H15N5O2. The highest BCUT2D eigenvalue weighted by molar-refractivity contribution is 5.64. The van der Waals surface area contributed by atoms with Gasteiger partial charge in [-0.15, -0.1) is 0 Å². The van der Waals surface area contributed by atoms with E-state index in [0.29, 0.717) is 18.2 Å². The number of hydrogen-bond acceptors (Lipinski definition) is 6. The zero-order valence-electron chi connectivity index (χ0n) is 9.28. The van der Waals surface area contributed by atoms with E-state index in [1.807, 2.05) is 0 Å². The van der Waals surface area contributed by atoms with Crippen molar-refractivity contribution in [2.24, 2.45) is 5.73 Å². The van der Waals surface area contributed by atoms with Crippen molar-refractivity contribution in [3.05, 3.63) is 11.9 Å². The first-order chi connectivity index (χ1) is 7.61. The number of primary amides is 1. The number of nitrogens with one attached hydrogen (secondary N) is 2. The number of aryl methyl sites for hydroxylation is 1. The second-order valence-electron chi connectivity index (χ2n) is 3.03. The first kappa shape index (κ1) is 12.0. The molecule has 0 aliphatic rings. The number of nitrogens with zero attached hydrogens (tertiary/aromatic N) is 2. The molecular weight excluding hydrogens is 210 g/mol. The Morgan fingerprint density at radius 3 is 2.81 bits per heavy atom. The molecule has 0 radical (unpaired) electrons. The van der Waals surface area contributed by atoms with Crippen molar-refractivity contribution < 1.29 is 9.53 Å². The Bertz CT molecular complexity index is 369. The summed E-state index contributed by atoms with van der Waals surface area (Å²) in [6, 6.07) is 1.76. The zero-order chi connectivity index (χ0) is 12.0. The summed E-state index contributed by atoms with van der Waals surface area (Å²) in [4.78, 5) is 18.6. The largest absolute Gasteiger partial charge is 0.448 e. The number of rotatable bonds is 5. The van der Waals surface area contributed by atoms with Crippen molar-refractivity contribution in [1.29, 1.82) is 0 Å². The molecule has 0 atom stereocenters. The summed E-state index contributed by atoms with van der Waals surface area (Å²) in [5.74, 6) is 2.06. The van der Waals surface area contributed by atoms with Crippen LogP contribution < -0.4 is 16.4 Å². The molecule has 1 heterocycles. The minimum Gasteiger partial charge on any atom is -0.448 e. The van der Waals surface area contributed by atoms with Crippen molar-refractivity contribution >= 4 is 17.7 Å². The Morgan fingerprint density at radius 2 is 2.19 bits per heavy atom. The van der Waals surface area contributed by atoms with Crippen molar-refractivity contribution in [3.63, 3.8) is 0 Å². The third kappa shape index (κ3) is 3.99. The fourth-order valence-electron chi connectivity index (χ4n) is 1.12. The molecule has 0 aliphatic heterocycles. The van der Waals surface area contributed by atoms with Crippen molar-refractivity contribution in [2.75, 3.05) is 30.8 Å². The Morgan fingerprint density at radius 1 is 1.50 bits per heavy atom. The molecule has 0 saturated heterocycles. The van der Waals surface area contributed by atoms with Crippen LogP contribution in [0.15, 0.2) is 6.07 Å². The van der Waals surface area contributed by atoms with Gasteiger partial charge in [-0.2, -0.15) is 0 Å². The average Bonchev–Trinajstić information content (AvgIpc) is 2.23. The molecule has 0 bridgehead atoms. The molecule has 7 heteroatoms. The van der Waals surface area contributed by atoms with Crippen LogP contribution in [0, 0.1) is 6.92 Å². The standard InChI is InChI=1S/C9H15N5O2/c1-6-13-7(11-2)5-8(14-6)12-3-4-16-9(10)15/h5H,3-4H2,1-2H3,(H2,10,15)(H2,11,12,13,14). The topological polar surface area (TPSA) is 102 Å². The van der Waals surface area contributed by atoms with E-state index in [0.717, 1.165) is 5.82 Å². The van der Waals surface area contributed by atoms with Gasteiger partial charge in [-0.3, -0.25) is 0 Å². The van der Waals surface area contributed by atoms with Crippen molar-refractivity contribution in [2.45, 2.75) is 6.92 Å². The number of amides is 1. The van der Waals surface area contributed by atoms with Gasteiger partial charge in [0.05, 0.1) is 6.54 Å². The summed E-state index contributed by atoms with van der Waals surface area (Å²) in [5, 5.41) is 5.91. The number of ether oxygens (including phenoxy) is 1. The van der Waals surface area contributed by atoms with Crippen LogP contribution in [-0.2, 0) is 4.74 Å². The quantitative estimate of drug-likeness (QED) is 0.624. The van der Waals surface area contributed by atoms with Crippen LogP contribution in [0.25, 0.3) is 0 Å². The molecule has 0 spiro atoms. The number of anilines is 2. The van der Waals surface area contributed by atoms with Crippen molar-refractivity contribution in [1.82, 2.24) is 9.97 Å². The smallest absolute Gasteiger partial charge is 0.404 e. The zero-order valence-corrected chi connectivity index (χ0v) is 9.28. The van der Waals surface area contributed by atoms with Crippen LogP contribution in [0.4, 0.5) is 16.4 Å². The summed E-state index contributed by atoms with van der Waals surface area (Å²) in [6.45, 7) is 2.45. The first-order valence-corrected chi connectivity index (χ1v) is 4.81. The van der Waals surface area contributed by atoms with Gasteiger partial charge in [0, 0.05) is 13.1 Å². The lowest BCUT2D eigenvalue weighted by Gasteiger charge is -2.08. The fraction of sp³-hybridized carbons (Fsp3) is 0.444. The maximum Gasteiger partial charge on any atom is 0.404 e. The van der Waals surface area contributed by atoms with E-state index in [1.165, 1.54) is 0 Å². The molecule has 0 aliphatic carbocycles. The predicted octanol–water partition coefficient (Wildman–Crippen LogP) is 0.334. The third-order valence-corrected chi connectivity index (χ3v) is 1.75. The molecule has 0 aromatic carbocycles. The predicted molar refractivity (Wildman–Crippen MR) is 60.3 cm³/mol. The number of hydrogen-bond donors (Lipinski definition) is 3. The number of carbonyl (C=O) groups excluding carboxylic acids is 1. The van der Waals surface area contributed by atoms with Crippen LogP contribution in [0.1, 0.15) is 5.82 Å². The van der Waals surface area contributed by atoms with Gasteiger partial charge in [0.15, 0.2) is 0 Å². The van der Waals surface area contributed by atoms with E-state index in [1.54, 1.807) is 20.0 Å². The van der Waals surface area contributed by atoms with E-state index in [2.05, 4.69) is 25.3 Å². The maximum atomic E-state index is 10.3. The molecule has 16 heavy (non-hydrogen) atoms. The van der Waals surface area contributed by atoms with Gasteiger partial charge < -0.3 is 21.1 Å². The van der Waals surface area contributed by atoms with Crippen LogP contribution in [0.3, 0.4) is 0 Å². The lowest BCUT2D eigenvalue weighted by molar-refractivity contribution is 0.161. The Hall–Kier alpha value is -2.05. The molecule has 0 saturated carbocycles. The first-order valence-electron chi connectivity index (χ1n) is 4.81. The highest BCUT2D eigenvalue weighted by Gasteiger charge is 2.00. The van der Waals surface area contributed by atoms with Gasteiger partial charge in [0.1, 0.15) is 24.1 Å². The number of nitrogens with two attached hydrogens (primary N) is 1.